The van der Waals surface area contributed by atoms with Gasteiger partial charge < -0.3 is 14.5 Å². The fourth-order valence-electron chi connectivity index (χ4n) is 2.20. The topological polar surface area (TPSA) is 34.4 Å². The predicted octanol–water partition coefficient (Wildman–Crippen LogP) is 4.45. The van der Waals surface area contributed by atoms with Crippen LogP contribution < -0.4 is 10.1 Å². The molecule has 1 unspecified atom stereocenters. The van der Waals surface area contributed by atoms with Gasteiger partial charge in [-0.15, -0.1) is 0 Å². The molecule has 108 valence electrons. The van der Waals surface area contributed by atoms with Crippen molar-refractivity contribution >= 4 is 15.9 Å². The summed E-state index contributed by atoms with van der Waals surface area (Å²) in [5.74, 6) is 1.75. The van der Waals surface area contributed by atoms with Crippen LogP contribution in [0.3, 0.4) is 0 Å². The largest absolute Gasteiger partial charge is 0.496 e. The van der Waals surface area contributed by atoms with Gasteiger partial charge >= 0.3 is 0 Å². The molecule has 20 heavy (non-hydrogen) atoms. The molecule has 0 aliphatic rings. The second-order valence-corrected chi connectivity index (χ2v) is 5.62. The lowest BCUT2D eigenvalue weighted by Crippen LogP contribution is -2.23. The first-order chi connectivity index (χ1) is 9.67. The molecule has 4 heteroatoms. The monoisotopic (exact) mass is 337 g/mol. The van der Waals surface area contributed by atoms with Gasteiger partial charge in [0.2, 0.25) is 0 Å². The van der Waals surface area contributed by atoms with Gasteiger partial charge in [-0.1, -0.05) is 19.1 Å². The van der Waals surface area contributed by atoms with E-state index in [9.17, 15) is 0 Å². The van der Waals surface area contributed by atoms with Crippen LogP contribution in [0.5, 0.6) is 5.75 Å². The molecule has 0 bridgehead atoms. The van der Waals surface area contributed by atoms with Crippen molar-refractivity contribution in [1.29, 1.82) is 0 Å². The number of hydrogen-bond acceptors (Lipinski definition) is 3. The number of furan rings is 1. The molecule has 0 saturated carbocycles. The van der Waals surface area contributed by atoms with E-state index in [-0.39, 0.29) is 6.04 Å². The first kappa shape index (κ1) is 15.1. The number of benzene rings is 1. The predicted molar refractivity (Wildman–Crippen MR) is 84.3 cm³/mol. The molecule has 3 nitrogen and oxygen atoms in total. The third-order valence-corrected chi connectivity index (χ3v) is 3.86. The minimum Gasteiger partial charge on any atom is -0.496 e. The molecule has 1 atom stereocenters. The first-order valence-electron chi connectivity index (χ1n) is 6.78. The summed E-state index contributed by atoms with van der Waals surface area (Å²) in [4.78, 5) is 0. The molecule has 1 aromatic heterocycles. The molecule has 0 saturated heterocycles. The summed E-state index contributed by atoms with van der Waals surface area (Å²) in [7, 11) is 1.70. The number of halogens is 1. The molecule has 1 heterocycles. The molecule has 0 aliphatic heterocycles. The highest BCUT2D eigenvalue weighted by Crippen LogP contribution is 2.34. The lowest BCUT2D eigenvalue weighted by Gasteiger charge is -2.20. The highest BCUT2D eigenvalue weighted by Gasteiger charge is 2.22. The van der Waals surface area contributed by atoms with Gasteiger partial charge in [0.1, 0.15) is 11.5 Å². The molecule has 0 amide bonds. The van der Waals surface area contributed by atoms with Gasteiger partial charge in [-0.05, 0) is 53.5 Å². The summed E-state index contributed by atoms with van der Waals surface area (Å²) in [6.45, 7) is 5.12. The SMILES string of the molecule is CCCNC(c1ccc(C)cc1OC)c1occc1Br. The molecule has 0 spiro atoms. The van der Waals surface area contributed by atoms with Crippen LogP contribution in [0.15, 0.2) is 39.4 Å². The number of nitrogens with one attached hydrogen (secondary N) is 1. The second-order valence-electron chi connectivity index (χ2n) is 4.77. The number of hydrogen-bond donors (Lipinski definition) is 1. The Hall–Kier alpha value is -1.26. The highest BCUT2D eigenvalue weighted by atomic mass is 79.9. The van der Waals surface area contributed by atoms with Gasteiger partial charge in [-0.3, -0.25) is 0 Å². The van der Waals surface area contributed by atoms with Gasteiger partial charge in [0.15, 0.2) is 0 Å². The van der Waals surface area contributed by atoms with Gasteiger partial charge in [-0.25, -0.2) is 0 Å². The quantitative estimate of drug-likeness (QED) is 0.845. The van der Waals surface area contributed by atoms with Crippen molar-refractivity contribution < 1.29 is 9.15 Å². The van der Waals surface area contributed by atoms with Crippen LogP contribution in [0.2, 0.25) is 0 Å². The number of ether oxygens (including phenoxy) is 1. The van der Waals surface area contributed by atoms with E-state index in [4.69, 9.17) is 9.15 Å². The van der Waals surface area contributed by atoms with Crippen molar-refractivity contribution in [3.8, 4) is 5.75 Å². The van der Waals surface area contributed by atoms with Gasteiger partial charge in [0, 0.05) is 5.56 Å². The Morgan fingerprint density at radius 2 is 2.15 bits per heavy atom. The maximum absolute atomic E-state index is 5.64. The summed E-state index contributed by atoms with van der Waals surface area (Å²) in [5, 5.41) is 3.52. The lowest BCUT2D eigenvalue weighted by atomic mass is 10.0. The molecule has 0 aliphatic carbocycles. The third kappa shape index (κ3) is 3.25. The smallest absolute Gasteiger partial charge is 0.139 e. The summed E-state index contributed by atoms with van der Waals surface area (Å²) < 4.78 is 12.1. The Morgan fingerprint density at radius 1 is 1.35 bits per heavy atom. The van der Waals surface area contributed by atoms with Crippen LogP contribution in [0.25, 0.3) is 0 Å². The molecule has 1 aromatic carbocycles. The minimum absolute atomic E-state index is 0.0186. The molecule has 0 radical (unpaired) electrons. The van der Waals surface area contributed by atoms with Crippen molar-refractivity contribution in [3.63, 3.8) is 0 Å². The average molecular weight is 338 g/mol. The Bertz CT molecular complexity index is 565. The molecule has 1 N–H and O–H groups in total. The Kier molecular flexibility index (Phi) is 5.26. The minimum atomic E-state index is -0.0186. The van der Waals surface area contributed by atoms with Gasteiger partial charge in [0.25, 0.3) is 0 Å². The standard InChI is InChI=1S/C16H20BrNO2/c1-4-8-18-15(16-13(17)7-9-20-16)12-6-5-11(2)10-14(12)19-3/h5-7,9-10,15,18H,4,8H2,1-3H3. The summed E-state index contributed by atoms with van der Waals surface area (Å²) in [6, 6.07) is 8.13. The van der Waals surface area contributed by atoms with E-state index in [2.05, 4.69) is 47.2 Å². The Morgan fingerprint density at radius 3 is 2.75 bits per heavy atom. The van der Waals surface area contributed by atoms with E-state index < -0.39 is 0 Å². The van der Waals surface area contributed by atoms with Crippen molar-refractivity contribution in [3.05, 3.63) is 51.9 Å². The molecule has 2 rings (SSSR count). The van der Waals surface area contributed by atoms with Crippen LogP contribution in [0.1, 0.15) is 36.3 Å². The van der Waals surface area contributed by atoms with Crippen molar-refractivity contribution in [2.75, 3.05) is 13.7 Å². The van der Waals surface area contributed by atoms with Crippen molar-refractivity contribution in [2.45, 2.75) is 26.3 Å². The summed E-state index contributed by atoms with van der Waals surface area (Å²) >= 11 is 3.54. The van der Waals surface area contributed by atoms with Crippen LogP contribution in [-0.4, -0.2) is 13.7 Å². The van der Waals surface area contributed by atoms with Gasteiger partial charge in [-0.2, -0.15) is 0 Å². The normalized spacial score (nSPS) is 12.4. The fraction of sp³-hybridized carbons (Fsp3) is 0.375. The number of methoxy groups -OCH3 is 1. The Balaban J connectivity index is 2.43. The van der Waals surface area contributed by atoms with E-state index >= 15 is 0 Å². The second kappa shape index (κ2) is 6.95. The van der Waals surface area contributed by atoms with E-state index in [1.807, 2.05) is 12.1 Å². The van der Waals surface area contributed by atoms with Crippen LogP contribution in [0.4, 0.5) is 0 Å². The zero-order chi connectivity index (χ0) is 14.5. The summed E-state index contributed by atoms with van der Waals surface area (Å²) in [6.07, 6.45) is 2.75. The number of aryl methyl sites for hydroxylation is 1. The van der Waals surface area contributed by atoms with Crippen molar-refractivity contribution in [2.24, 2.45) is 0 Å². The lowest BCUT2D eigenvalue weighted by molar-refractivity contribution is 0.391. The zero-order valence-electron chi connectivity index (χ0n) is 12.1. The molecular weight excluding hydrogens is 318 g/mol. The van der Waals surface area contributed by atoms with Crippen LogP contribution >= 0.6 is 15.9 Å². The van der Waals surface area contributed by atoms with Gasteiger partial charge in [0.05, 0.1) is 23.9 Å². The van der Waals surface area contributed by atoms with Crippen molar-refractivity contribution in [1.82, 2.24) is 5.32 Å². The van der Waals surface area contributed by atoms with E-state index in [0.29, 0.717) is 0 Å². The fourth-order valence-corrected chi connectivity index (χ4v) is 2.63. The van der Waals surface area contributed by atoms with E-state index in [1.165, 1.54) is 5.56 Å². The average Bonchev–Trinajstić information content (AvgIpc) is 2.86. The van der Waals surface area contributed by atoms with Crippen LogP contribution in [-0.2, 0) is 0 Å². The maximum Gasteiger partial charge on any atom is 0.139 e. The molecule has 2 aromatic rings. The highest BCUT2D eigenvalue weighted by molar-refractivity contribution is 9.10. The summed E-state index contributed by atoms with van der Waals surface area (Å²) in [5.41, 5.74) is 2.26. The third-order valence-electron chi connectivity index (χ3n) is 3.21. The Labute approximate surface area is 128 Å². The first-order valence-corrected chi connectivity index (χ1v) is 7.57. The zero-order valence-corrected chi connectivity index (χ0v) is 13.7. The molecular formula is C16H20BrNO2. The number of rotatable bonds is 6. The van der Waals surface area contributed by atoms with Crippen LogP contribution in [0, 0.1) is 6.92 Å². The van der Waals surface area contributed by atoms with E-state index in [1.54, 1.807) is 13.4 Å². The maximum atomic E-state index is 5.64. The van der Waals surface area contributed by atoms with E-state index in [0.717, 1.165) is 34.5 Å². The molecule has 0 fully saturated rings.